The number of likely N-dealkylation sites (tertiary alicyclic amines) is 1. The van der Waals surface area contributed by atoms with E-state index in [1.165, 1.54) is 0 Å². The summed E-state index contributed by atoms with van der Waals surface area (Å²) in [5, 5.41) is 8.47. The summed E-state index contributed by atoms with van der Waals surface area (Å²) >= 11 is 0. The molecule has 1 aromatic heterocycles. The molecule has 4 rings (SSSR count). The predicted molar refractivity (Wildman–Crippen MR) is 117 cm³/mol. The molecule has 1 unspecified atom stereocenters. The van der Waals surface area contributed by atoms with Crippen molar-refractivity contribution in [3.8, 4) is 0 Å². The van der Waals surface area contributed by atoms with Crippen LogP contribution in [0.15, 0.2) is 66.9 Å². The molecule has 160 valence electrons. The van der Waals surface area contributed by atoms with E-state index < -0.39 is 0 Å². The summed E-state index contributed by atoms with van der Waals surface area (Å²) in [4.78, 5) is 28.4. The summed E-state index contributed by atoms with van der Waals surface area (Å²) in [6.45, 7) is 3.91. The van der Waals surface area contributed by atoms with Crippen molar-refractivity contribution in [1.29, 1.82) is 0 Å². The maximum atomic E-state index is 13.0. The largest absolute Gasteiger partial charge is 0.343 e. The highest BCUT2D eigenvalue weighted by Crippen LogP contribution is 2.26. The third-order valence-electron chi connectivity index (χ3n) is 5.78. The highest BCUT2D eigenvalue weighted by Gasteiger charge is 2.31. The Bertz CT molecular complexity index is 995. The second-order valence-electron chi connectivity index (χ2n) is 8.00. The Kier molecular flexibility index (Phi) is 6.11. The third kappa shape index (κ3) is 4.50. The predicted octanol–water partition coefficient (Wildman–Crippen LogP) is 2.86. The molecule has 1 fully saturated rings. The van der Waals surface area contributed by atoms with Crippen molar-refractivity contribution in [3.63, 3.8) is 0 Å². The van der Waals surface area contributed by atoms with E-state index in [2.05, 4.69) is 10.3 Å². The van der Waals surface area contributed by atoms with Crippen LogP contribution in [0.1, 0.15) is 41.0 Å². The molecule has 1 atom stereocenters. The van der Waals surface area contributed by atoms with Crippen LogP contribution in [0, 0.1) is 5.92 Å². The van der Waals surface area contributed by atoms with Crippen LogP contribution < -0.4 is 0 Å². The first-order valence-electron chi connectivity index (χ1n) is 10.6. The van der Waals surface area contributed by atoms with Gasteiger partial charge >= 0.3 is 0 Å². The van der Waals surface area contributed by atoms with Crippen molar-refractivity contribution >= 4 is 11.8 Å². The number of carbonyl (C=O) groups is 2. The van der Waals surface area contributed by atoms with Gasteiger partial charge in [-0.25, -0.2) is 4.68 Å². The Balaban J connectivity index is 1.53. The molecule has 0 N–H and O–H groups in total. The summed E-state index contributed by atoms with van der Waals surface area (Å²) in [6, 6.07) is 19.9. The molecule has 7 heteroatoms. The van der Waals surface area contributed by atoms with Crippen LogP contribution in [-0.4, -0.2) is 63.3 Å². The van der Waals surface area contributed by atoms with E-state index >= 15 is 0 Å². The van der Waals surface area contributed by atoms with E-state index in [-0.39, 0.29) is 23.8 Å². The molecule has 3 aromatic rings. The summed E-state index contributed by atoms with van der Waals surface area (Å²) in [5.41, 5.74) is 2.43. The van der Waals surface area contributed by atoms with Gasteiger partial charge in [0.15, 0.2) is 5.69 Å². The Morgan fingerprint density at radius 1 is 1.10 bits per heavy atom. The highest BCUT2D eigenvalue weighted by molar-refractivity contribution is 5.91. The molecule has 2 aromatic carbocycles. The average molecular weight is 418 g/mol. The molecule has 1 aliphatic heterocycles. The summed E-state index contributed by atoms with van der Waals surface area (Å²) < 4.78 is 1.74. The lowest BCUT2D eigenvalue weighted by Gasteiger charge is -2.20. The van der Waals surface area contributed by atoms with Gasteiger partial charge in [0.2, 0.25) is 5.91 Å². The minimum Gasteiger partial charge on any atom is -0.343 e. The SMILES string of the molecule is CCN1CC(CN(C)C(=O)c2cn(C(c3ccccc3)c3ccccc3)nn2)CC1=O. The summed E-state index contributed by atoms with van der Waals surface area (Å²) in [5.74, 6) is 0.124. The quantitative estimate of drug-likeness (QED) is 0.593. The number of hydrogen-bond donors (Lipinski definition) is 0. The fraction of sp³-hybridized carbons (Fsp3) is 0.333. The average Bonchev–Trinajstić information content (AvgIpc) is 3.41. The van der Waals surface area contributed by atoms with Crippen molar-refractivity contribution < 1.29 is 9.59 Å². The maximum Gasteiger partial charge on any atom is 0.275 e. The van der Waals surface area contributed by atoms with Crippen LogP contribution in [0.25, 0.3) is 0 Å². The maximum absolute atomic E-state index is 13.0. The molecule has 0 radical (unpaired) electrons. The van der Waals surface area contributed by atoms with Gasteiger partial charge in [0.05, 0.1) is 6.20 Å². The van der Waals surface area contributed by atoms with Gasteiger partial charge < -0.3 is 9.80 Å². The van der Waals surface area contributed by atoms with E-state index in [1.54, 1.807) is 22.8 Å². The molecule has 0 aliphatic carbocycles. The monoisotopic (exact) mass is 417 g/mol. The van der Waals surface area contributed by atoms with Gasteiger partial charge in [-0.05, 0) is 18.1 Å². The number of aromatic nitrogens is 3. The van der Waals surface area contributed by atoms with E-state index in [0.717, 1.165) is 11.1 Å². The van der Waals surface area contributed by atoms with Crippen LogP contribution in [0.5, 0.6) is 0 Å². The standard InChI is InChI=1S/C24H27N5O2/c1-3-28-16-18(14-22(28)30)15-27(2)24(31)21-17-29(26-25-21)23(19-10-6-4-7-11-19)20-12-8-5-9-13-20/h4-13,17-18,23H,3,14-16H2,1-2H3. The lowest BCUT2D eigenvalue weighted by atomic mass is 9.99. The Hall–Kier alpha value is -3.48. The number of hydrogen-bond acceptors (Lipinski definition) is 4. The highest BCUT2D eigenvalue weighted by atomic mass is 16.2. The number of amides is 2. The van der Waals surface area contributed by atoms with Crippen LogP contribution >= 0.6 is 0 Å². The minimum atomic E-state index is -0.187. The van der Waals surface area contributed by atoms with E-state index in [0.29, 0.717) is 31.7 Å². The zero-order valence-electron chi connectivity index (χ0n) is 17.9. The zero-order chi connectivity index (χ0) is 21.8. The molecule has 2 amide bonds. The molecule has 1 saturated heterocycles. The first kappa shape index (κ1) is 20.8. The van der Waals surface area contributed by atoms with Crippen LogP contribution in [-0.2, 0) is 4.79 Å². The number of benzene rings is 2. The van der Waals surface area contributed by atoms with E-state index in [1.807, 2.05) is 72.5 Å². The molecule has 0 bridgehead atoms. The lowest BCUT2D eigenvalue weighted by Crippen LogP contribution is -2.33. The van der Waals surface area contributed by atoms with Crippen molar-refractivity contribution in [1.82, 2.24) is 24.8 Å². The fourth-order valence-electron chi connectivity index (χ4n) is 4.22. The molecule has 31 heavy (non-hydrogen) atoms. The van der Waals surface area contributed by atoms with Gasteiger partial charge in [0.1, 0.15) is 6.04 Å². The number of rotatable bonds is 7. The minimum absolute atomic E-state index is 0.151. The topological polar surface area (TPSA) is 71.3 Å². The molecule has 0 saturated carbocycles. The van der Waals surface area contributed by atoms with Crippen LogP contribution in [0.3, 0.4) is 0 Å². The molecule has 7 nitrogen and oxygen atoms in total. The van der Waals surface area contributed by atoms with Gasteiger partial charge in [-0.3, -0.25) is 9.59 Å². The van der Waals surface area contributed by atoms with E-state index in [9.17, 15) is 9.59 Å². The molecule has 0 spiro atoms. The van der Waals surface area contributed by atoms with Gasteiger partial charge in [0.25, 0.3) is 5.91 Å². The lowest BCUT2D eigenvalue weighted by molar-refractivity contribution is -0.127. The Morgan fingerprint density at radius 3 is 2.26 bits per heavy atom. The zero-order valence-corrected chi connectivity index (χ0v) is 17.9. The van der Waals surface area contributed by atoms with Crippen LogP contribution in [0.2, 0.25) is 0 Å². The van der Waals surface area contributed by atoms with Gasteiger partial charge in [-0.15, -0.1) is 5.10 Å². The van der Waals surface area contributed by atoms with Gasteiger partial charge in [-0.1, -0.05) is 65.9 Å². The molecule has 2 heterocycles. The number of nitrogens with zero attached hydrogens (tertiary/aromatic N) is 5. The van der Waals surface area contributed by atoms with Crippen molar-refractivity contribution in [2.75, 3.05) is 26.7 Å². The van der Waals surface area contributed by atoms with Gasteiger partial charge in [-0.2, -0.15) is 0 Å². The molecule has 1 aliphatic rings. The third-order valence-corrected chi connectivity index (χ3v) is 5.78. The van der Waals surface area contributed by atoms with Crippen molar-refractivity contribution in [2.45, 2.75) is 19.4 Å². The van der Waals surface area contributed by atoms with Crippen molar-refractivity contribution in [3.05, 3.63) is 83.7 Å². The van der Waals surface area contributed by atoms with E-state index in [4.69, 9.17) is 0 Å². The number of carbonyl (C=O) groups excluding carboxylic acids is 2. The first-order chi connectivity index (χ1) is 15.1. The first-order valence-corrected chi connectivity index (χ1v) is 10.6. The Morgan fingerprint density at radius 2 is 1.71 bits per heavy atom. The summed E-state index contributed by atoms with van der Waals surface area (Å²) in [7, 11) is 1.76. The second-order valence-corrected chi connectivity index (χ2v) is 8.00. The summed E-state index contributed by atoms with van der Waals surface area (Å²) in [6.07, 6.45) is 2.20. The Labute approximate surface area is 182 Å². The smallest absolute Gasteiger partial charge is 0.275 e. The van der Waals surface area contributed by atoms with Gasteiger partial charge in [0, 0.05) is 39.0 Å². The molecular formula is C24H27N5O2. The second kappa shape index (κ2) is 9.12. The van der Waals surface area contributed by atoms with Crippen LogP contribution in [0.4, 0.5) is 0 Å². The fourth-order valence-corrected chi connectivity index (χ4v) is 4.22. The normalized spacial score (nSPS) is 16.2. The molecular weight excluding hydrogens is 390 g/mol. The van der Waals surface area contributed by atoms with Crippen molar-refractivity contribution in [2.24, 2.45) is 5.92 Å².